The fourth-order valence-electron chi connectivity index (χ4n) is 9.73. The molecule has 1 aliphatic rings. The zero-order chi connectivity index (χ0) is 55.9. The first kappa shape index (κ1) is 72.4. The van der Waals surface area contributed by atoms with Gasteiger partial charge in [-0.25, -0.2) is 0 Å². The van der Waals surface area contributed by atoms with E-state index in [1.807, 2.05) is 6.08 Å². The zero-order valence-electron chi connectivity index (χ0n) is 49.4. The molecule has 1 heterocycles. The van der Waals surface area contributed by atoms with Crippen LogP contribution >= 0.6 is 0 Å². The third kappa shape index (κ3) is 44.8. The van der Waals surface area contributed by atoms with Crippen molar-refractivity contribution in [1.29, 1.82) is 0 Å². The molecule has 0 aromatic rings. The van der Waals surface area contributed by atoms with E-state index in [9.17, 15) is 35.1 Å². The van der Waals surface area contributed by atoms with E-state index >= 15 is 0 Å². The van der Waals surface area contributed by atoms with Crippen LogP contribution in [0.1, 0.15) is 284 Å². The number of esters is 1. The molecule has 1 fully saturated rings. The van der Waals surface area contributed by atoms with Gasteiger partial charge in [-0.2, -0.15) is 0 Å². The molecule has 0 aromatic carbocycles. The van der Waals surface area contributed by atoms with Crippen LogP contribution in [0.4, 0.5) is 0 Å². The highest BCUT2D eigenvalue weighted by atomic mass is 16.7. The molecule has 7 unspecified atom stereocenters. The molecule has 1 amide bonds. The summed E-state index contributed by atoms with van der Waals surface area (Å²) < 4.78 is 16.7. The van der Waals surface area contributed by atoms with Gasteiger partial charge < -0.3 is 45.1 Å². The molecule has 77 heavy (non-hydrogen) atoms. The van der Waals surface area contributed by atoms with E-state index in [1.165, 1.54) is 161 Å². The molecule has 6 N–H and O–H groups in total. The van der Waals surface area contributed by atoms with E-state index in [4.69, 9.17) is 14.2 Å². The summed E-state index contributed by atoms with van der Waals surface area (Å²) in [4.78, 5) is 25.1. The molecule has 0 aliphatic carbocycles. The molecule has 0 aromatic heterocycles. The van der Waals surface area contributed by atoms with Crippen molar-refractivity contribution < 1.29 is 49.3 Å². The topological polar surface area (TPSA) is 175 Å². The second-order valence-electron chi connectivity index (χ2n) is 22.1. The van der Waals surface area contributed by atoms with Crippen molar-refractivity contribution >= 4 is 11.9 Å². The molecule has 0 bridgehead atoms. The van der Waals surface area contributed by atoms with Crippen LogP contribution in [0, 0.1) is 0 Å². The first-order valence-corrected chi connectivity index (χ1v) is 32.1. The summed E-state index contributed by atoms with van der Waals surface area (Å²) in [5.41, 5.74) is 0. The van der Waals surface area contributed by atoms with Gasteiger partial charge in [-0.3, -0.25) is 9.59 Å². The molecule has 11 heteroatoms. The Labute approximate surface area is 471 Å². The molecule has 0 spiro atoms. The number of aliphatic hydroxyl groups excluding tert-OH is 5. The quantitative estimate of drug-likeness (QED) is 0.0195. The Morgan fingerprint density at radius 1 is 0.481 bits per heavy atom. The van der Waals surface area contributed by atoms with Crippen LogP contribution in [-0.2, 0) is 23.8 Å². The summed E-state index contributed by atoms with van der Waals surface area (Å²) in [6.45, 7) is 4.27. The summed E-state index contributed by atoms with van der Waals surface area (Å²) in [5, 5.41) is 54.2. The predicted molar refractivity (Wildman–Crippen MR) is 320 cm³/mol. The van der Waals surface area contributed by atoms with Crippen LogP contribution in [0.15, 0.2) is 60.8 Å². The number of allylic oxidation sites excluding steroid dienone is 9. The molecule has 448 valence electrons. The number of ether oxygens (including phenoxy) is 3. The smallest absolute Gasteiger partial charge is 0.305 e. The average molecular weight is 1090 g/mol. The van der Waals surface area contributed by atoms with Crippen LogP contribution in [0.2, 0.25) is 0 Å². The Morgan fingerprint density at radius 3 is 1.34 bits per heavy atom. The van der Waals surface area contributed by atoms with Gasteiger partial charge in [0.15, 0.2) is 6.29 Å². The Bertz CT molecular complexity index is 1460. The van der Waals surface area contributed by atoms with Crippen molar-refractivity contribution in [1.82, 2.24) is 5.32 Å². The van der Waals surface area contributed by atoms with Gasteiger partial charge in [0.1, 0.15) is 24.4 Å². The van der Waals surface area contributed by atoms with Crippen molar-refractivity contribution in [2.24, 2.45) is 0 Å². The number of hydrogen-bond donors (Lipinski definition) is 6. The molecule has 1 aliphatic heterocycles. The lowest BCUT2D eigenvalue weighted by molar-refractivity contribution is -0.302. The van der Waals surface area contributed by atoms with Crippen LogP contribution in [0.5, 0.6) is 0 Å². The van der Waals surface area contributed by atoms with Crippen LogP contribution < -0.4 is 5.32 Å². The lowest BCUT2D eigenvalue weighted by atomic mass is 9.99. The monoisotopic (exact) mass is 1090 g/mol. The number of amides is 1. The molecule has 1 saturated heterocycles. The van der Waals surface area contributed by atoms with Crippen molar-refractivity contribution in [3.05, 3.63) is 60.8 Å². The van der Waals surface area contributed by atoms with Gasteiger partial charge in [0.2, 0.25) is 5.91 Å². The third-order valence-corrected chi connectivity index (χ3v) is 14.8. The lowest BCUT2D eigenvalue weighted by Gasteiger charge is -2.40. The van der Waals surface area contributed by atoms with E-state index in [1.54, 1.807) is 6.08 Å². The number of hydrogen-bond acceptors (Lipinski definition) is 10. The molecular weight excluding hydrogens is 967 g/mol. The molecule has 0 radical (unpaired) electrons. The molecular formula is C66H119NO10. The summed E-state index contributed by atoms with van der Waals surface area (Å²) in [6.07, 6.45) is 61.9. The highest BCUT2D eigenvalue weighted by Gasteiger charge is 2.44. The van der Waals surface area contributed by atoms with Crippen molar-refractivity contribution in [3.63, 3.8) is 0 Å². The molecule has 11 nitrogen and oxygen atoms in total. The first-order chi connectivity index (χ1) is 37.7. The fourth-order valence-corrected chi connectivity index (χ4v) is 9.73. The van der Waals surface area contributed by atoms with Gasteiger partial charge in [0.25, 0.3) is 0 Å². The van der Waals surface area contributed by atoms with Gasteiger partial charge in [-0.1, -0.05) is 235 Å². The van der Waals surface area contributed by atoms with E-state index < -0.39 is 49.5 Å². The summed E-state index contributed by atoms with van der Waals surface area (Å²) in [7, 11) is 0. The highest BCUT2D eigenvalue weighted by molar-refractivity contribution is 5.76. The van der Waals surface area contributed by atoms with E-state index in [0.717, 1.165) is 96.3 Å². The minimum Gasteiger partial charge on any atom is -0.466 e. The van der Waals surface area contributed by atoms with Crippen LogP contribution in [-0.4, -0.2) is 100 Å². The molecule has 0 saturated carbocycles. The summed E-state index contributed by atoms with van der Waals surface area (Å²) in [6, 6.07) is -0.817. The highest BCUT2D eigenvalue weighted by Crippen LogP contribution is 2.23. The maximum Gasteiger partial charge on any atom is 0.305 e. The van der Waals surface area contributed by atoms with E-state index in [-0.39, 0.29) is 18.5 Å². The van der Waals surface area contributed by atoms with Gasteiger partial charge >= 0.3 is 5.97 Å². The Morgan fingerprint density at radius 2 is 0.870 bits per heavy atom. The maximum atomic E-state index is 13.0. The second-order valence-corrected chi connectivity index (χ2v) is 22.1. The predicted octanol–water partition coefficient (Wildman–Crippen LogP) is 15.4. The van der Waals surface area contributed by atoms with Crippen LogP contribution in [0.3, 0.4) is 0 Å². The van der Waals surface area contributed by atoms with Crippen molar-refractivity contribution in [2.75, 3.05) is 19.8 Å². The second kappa shape index (κ2) is 55.3. The number of nitrogens with one attached hydrogen (secondary N) is 1. The Balaban J connectivity index is 2.00. The minimum absolute atomic E-state index is 0.0132. The fraction of sp³-hybridized carbons (Fsp3) is 0.818. The van der Waals surface area contributed by atoms with E-state index in [0.29, 0.717) is 19.4 Å². The number of carbonyl (C=O) groups is 2. The largest absolute Gasteiger partial charge is 0.466 e. The van der Waals surface area contributed by atoms with Gasteiger partial charge in [-0.05, 0) is 96.3 Å². The number of carbonyl (C=O) groups excluding carboxylic acids is 2. The number of rotatable bonds is 55. The molecule has 7 atom stereocenters. The Hall–Kier alpha value is -2.64. The zero-order valence-corrected chi connectivity index (χ0v) is 49.4. The number of aliphatic hydroxyl groups is 5. The summed E-state index contributed by atoms with van der Waals surface area (Å²) >= 11 is 0. The first-order valence-electron chi connectivity index (χ1n) is 32.1. The third-order valence-electron chi connectivity index (χ3n) is 14.8. The van der Waals surface area contributed by atoms with Crippen molar-refractivity contribution in [3.8, 4) is 0 Å². The molecule has 1 rings (SSSR count). The number of unbranched alkanes of at least 4 members (excludes halogenated alkanes) is 33. The normalized spacial score (nSPS) is 19.0. The summed E-state index contributed by atoms with van der Waals surface area (Å²) in [5.74, 6) is -0.208. The van der Waals surface area contributed by atoms with Crippen molar-refractivity contribution in [2.45, 2.75) is 326 Å². The SMILES string of the molecule is CCCCC/C=C\C/C=C\CCCCCCCCCC(=O)OCCCCCCCCCCC/C=C\C/C=C\CCCCCCCCCC(=O)NC(COC1OC(CO)C(O)C(O)C1O)C(O)/C=C/CCCCCCCCC. The van der Waals surface area contributed by atoms with Gasteiger partial charge in [-0.15, -0.1) is 0 Å². The van der Waals surface area contributed by atoms with Gasteiger partial charge in [0, 0.05) is 12.8 Å². The van der Waals surface area contributed by atoms with Gasteiger partial charge in [0.05, 0.1) is 32.0 Å². The standard InChI is InChI=1S/C66H119NO10/c1-3-5-7-9-11-13-14-15-16-24-28-31-34-38-42-46-50-54-62(71)75-55-51-47-43-39-35-32-29-26-23-21-19-17-18-20-22-25-27-30-33-37-41-45-49-53-61(70)67-58(59(69)52-48-44-40-36-12-10-8-6-4-2)57-76-66-65(74)64(73)63(72)60(56-68)77-66/h11,13,15-17,19-20,22,48,52,58-60,63-66,68-69,72-74H,3-10,12,14,18,21,23-47,49-51,53-57H2,1-2H3,(H,67,70)/b13-11-,16-15-,19-17-,22-20-,52-48+. The Kier molecular flexibility index (Phi) is 52.0. The maximum absolute atomic E-state index is 13.0. The average Bonchev–Trinajstić information content (AvgIpc) is 3.43. The van der Waals surface area contributed by atoms with E-state index in [2.05, 4.69) is 67.8 Å². The lowest BCUT2D eigenvalue weighted by Crippen LogP contribution is -2.60. The van der Waals surface area contributed by atoms with Crippen LogP contribution in [0.25, 0.3) is 0 Å². The minimum atomic E-state index is -1.57.